The number of aromatic nitrogens is 4. The number of anilines is 1. The molecule has 0 aliphatic carbocycles. The van der Waals surface area contributed by atoms with Crippen molar-refractivity contribution in [2.75, 3.05) is 5.73 Å². The third kappa shape index (κ3) is 3.01. The molecule has 2 heterocycles. The van der Waals surface area contributed by atoms with Crippen LogP contribution in [0.4, 0.5) is 18.9 Å². The number of hydrogen-bond acceptors (Lipinski definition) is 4. The first-order valence-electron chi connectivity index (χ1n) is 6.66. The highest BCUT2D eigenvalue weighted by molar-refractivity contribution is 5.61. The average molecular weight is 319 g/mol. The van der Waals surface area contributed by atoms with E-state index in [1.54, 1.807) is 12.1 Å². The molecule has 0 saturated carbocycles. The van der Waals surface area contributed by atoms with Crippen LogP contribution in [0.2, 0.25) is 0 Å². The second kappa shape index (κ2) is 5.38. The lowest BCUT2D eigenvalue weighted by molar-refractivity contribution is -0.137. The standard InChI is InChI=1S/C15H12F3N5/c1-9-6-10(2-4-12(9)19)14-21-8-23(22-14)13-5-3-11(7-20-13)15(16,17)18/h2-8H,19H2,1H3. The van der Waals surface area contributed by atoms with Gasteiger partial charge in [0.25, 0.3) is 0 Å². The van der Waals surface area contributed by atoms with Gasteiger partial charge >= 0.3 is 6.18 Å². The van der Waals surface area contributed by atoms with Crippen LogP contribution < -0.4 is 5.73 Å². The maximum atomic E-state index is 12.5. The fraction of sp³-hybridized carbons (Fsp3) is 0.133. The molecule has 3 rings (SSSR count). The molecule has 0 atom stereocenters. The summed E-state index contributed by atoms with van der Waals surface area (Å²) in [5, 5.41) is 4.23. The normalized spacial score (nSPS) is 11.7. The third-order valence-electron chi connectivity index (χ3n) is 3.33. The molecule has 0 aliphatic rings. The van der Waals surface area contributed by atoms with Crippen LogP contribution in [0.15, 0.2) is 42.9 Å². The number of nitrogens with two attached hydrogens (primary N) is 1. The van der Waals surface area contributed by atoms with E-state index in [1.807, 2.05) is 13.0 Å². The van der Waals surface area contributed by atoms with Gasteiger partial charge in [-0.15, -0.1) is 5.10 Å². The van der Waals surface area contributed by atoms with E-state index >= 15 is 0 Å². The smallest absolute Gasteiger partial charge is 0.399 e. The molecule has 2 N–H and O–H groups in total. The van der Waals surface area contributed by atoms with Crippen molar-refractivity contribution < 1.29 is 13.2 Å². The quantitative estimate of drug-likeness (QED) is 0.736. The molecule has 3 aromatic rings. The van der Waals surface area contributed by atoms with E-state index in [1.165, 1.54) is 17.1 Å². The highest BCUT2D eigenvalue weighted by atomic mass is 19.4. The van der Waals surface area contributed by atoms with Gasteiger partial charge in [0.2, 0.25) is 0 Å². The van der Waals surface area contributed by atoms with Gasteiger partial charge in [0.15, 0.2) is 11.6 Å². The van der Waals surface area contributed by atoms with Gasteiger partial charge in [-0.3, -0.25) is 0 Å². The molecule has 23 heavy (non-hydrogen) atoms. The van der Waals surface area contributed by atoms with E-state index in [9.17, 15) is 13.2 Å². The first-order chi connectivity index (χ1) is 10.8. The van der Waals surface area contributed by atoms with Gasteiger partial charge in [0.1, 0.15) is 6.33 Å². The Hall–Kier alpha value is -2.90. The number of pyridine rings is 1. The fourth-order valence-electron chi connectivity index (χ4n) is 2.01. The van der Waals surface area contributed by atoms with Crippen LogP contribution in [0.3, 0.4) is 0 Å². The molecular formula is C15H12F3N5. The van der Waals surface area contributed by atoms with Gasteiger partial charge in [-0.05, 0) is 42.8 Å². The zero-order valence-corrected chi connectivity index (χ0v) is 12.0. The highest BCUT2D eigenvalue weighted by Gasteiger charge is 2.30. The van der Waals surface area contributed by atoms with Crippen molar-refractivity contribution in [2.24, 2.45) is 0 Å². The van der Waals surface area contributed by atoms with Crippen molar-refractivity contribution in [3.8, 4) is 17.2 Å². The summed E-state index contributed by atoms with van der Waals surface area (Å²) in [7, 11) is 0. The fourth-order valence-corrected chi connectivity index (χ4v) is 2.01. The van der Waals surface area contributed by atoms with Crippen molar-refractivity contribution in [3.63, 3.8) is 0 Å². The molecular weight excluding hydrogens is 307 g/mol. The number of nitrogen functional groups attached to an aromatic ring is 1. The van der Waals surface area contributed by atoms with Crippen molar-refractivity contribution in [1.82, 2.24) is 19.7 Å². The van der Waals surface area contributed by atoms with E-state index < -0.39 is 11.7 Å². The largest absolute Gasteiger partial charge is 0.417 e. The summed E-state index contributed by atoms with van der Waals surface area (Å²) in [5.41, 5.74) is 7.28. The summed E-state index contributed by atoms with van der Waals surface area (Å²) in [6.07, 6.45) is -2.25. The summed E-state index contributed by atoms with van der Waals surface area (Å²) in [4.78, 5) is 7.93. The number of hydrogen-bond donors (Lipinski definition) is 1. The van der Waals surface area contributed by atoms with Crippen LogP contribution in [0.1, 0.15) is 11.1 Å². The van der Waals surface area contributed by atoms with E-state index in [2.05, 4.69) is 15.1 Å². The zero-order valence-electron chi connectivity index (χ0n) is 12.0. The number of aryl methyl sites for hydroxylation is 1. The SMILES string of the molecule is Cc1cc(-c2ncn(-c3ccc(C(F)(F)F)cn3)n2)ccc1N. The Balaban J connectivity index is 1.91. The van der Waals surface area contributed by atoms with Gasteiger partial charge < -0.3 is 5.73 Å². The Morgan fingerprint density at radius 1 is 1.09 bits per heavy atom. The third-order valence-corrected chi connectivity index (χ3v) is 3.33. The second-order valence-electron chi connectivity index (χ2n) is 4.99. The summed E-state index contributed by atoms with van der Waals surface area (Å²) >= 11 is 0. The lowest BCUT2D eigenvalue weighted by Gasteiger charge is -2.06. The highest BCUT2D eigenvalue weighted by Crippen LogP contribution is 2.28. The Labute approximate surface area is 129 Å². The van der Waals surface area contributed by atoms with Crippen LogP contribution in [0, 0.1) is 6.92 Å². The number of halogens is 3. The number of alkyl halides is 3. The predicted octanol–water partition coefficient (Wildman–Crippen LogP) is 3.24. The number of rotatable bonds is 2. The Kier molecular flexibility index (Phi) is 3.51. The minimum absolute atomic E-state index is 0.254. The summed E-state index contributed by atoms with van der Waals surface area (Å²) in [5.74, 6) is 0.693. The molecule has 0 aliphatic heterocycles. The molecule has 0 bridgehead atoms. The minimum atomic E-state index is -4.42. The van der Waals surface area contributed by atoms with E-state index in [-0.39, 0.29) is 5.82 Å². The van der Waals surface area contributed by atoms with E-state index in [0.29, 0.717) is 11.5 Å². The molecule has 1 aromatic carbocycles. The molecule has 0 saturated heterocycles. The summed E-state index contributed by atoms with van der Waals surface area (Å²) < 4.78 is 38.9. The maximum absolute atomic E-state index is 12.5. The van der Waals surface area contributed by atoms with Crippen molar-refractivity contribution in [1.29, 1.82) is 0 Å². The zero-order chi connectivity index (χ0) is 16.6. The lowest BCUT2D eigenvalue weighted by Crippen LogP contribution is -2.07. The minimum Gasteiger partial charge on any atom is -0.399 e. The van der Waals surface area contributed by atoms with Crippen LogP contribution >= 0.6 is 0 Å². The molecule has 118 valence electrons. The average Bonchev–Trinajstić information content (AvgIpc) is 2.99. The Morgan fingerprint density at radius 3 is 2.48 bits per heavy atom. The molecule has 8 heteroatoms. The Bertz CT molecular complexity index is 837. The predicted molar refractivity (Wildman–Crippen MR) is 78.7 cm³/mol. The van der Waals surface area contributed by atoms with Crippen molar-refractivity contribution in [3.05, 3.63) is 54.0 Å². The van der Waals surface area contributed by atoms with Crippen molar-refractivity contribution in [2.45, 2.75) is 13.1 Å². The van der Waals surface area contributed by atoms with Gasteiger partial charge in [-0.2, -0.15) is 13.2 Å². The van der Waals surface area contributed by atoms with Crippen LogP contribution in [-0.4, -0.2) is 19.7 Å². The molecule has 0 radical (unpaired) electrons. The molecule has 0 amide bonds. The van der Waals surface area contributed by atoms with Crippen LogP contribution in [-0.2, 0) is 6.18 Å². The molecule has 2 aromatic heterocycles. The van der Waals surface area contributed by atoms with Crippen LogP contribution in [0.5, 0.6) is 0 Å². The first-order valence-corrected chi connectivity index (χ1v) is 6.66. The lowest BCUT2D eigenvalue weighted by atomic mass is 10.1. The van der Waals surface area contributed by atoms with Gasteiger partial charge in [0, 0.05) is 17.4 Å². The first kappa shape index (κ1) is 15.0. The Morgan fingerprint density at radius 2 is 1.87 bits per heavy atom. The molecule has 0 unspecified atom stereocenters. The monoisotopic (exact) mass is 319 g/mol. The summed E-state index contributed by atoms with van der Waals surface area (Å²) in [6, 6.07) is 7.58. The van der Waals surface area contributed by atoms with Gasteiger partial charge in [-0.1, -0.05) is 0 Å². The number of benzene rings is 1. The van der Waals surface area contributed by atoms with E-state index in [0.717, 1.165) is 23.4 Å². The second-order valence-corrected chi connectivity index (χ2v) is 4.99. The van der Waals surface area contributed by atoms with Crippen molar-refractivity contribution >= 4 is 5.69 Å². The van der Waals surface area contributed by atoms with Gasteiger partial charge in [-0.25, -0.2) is 14.6 Å². The van der Waals surface area contributed by atoms with E-state index in [4.69, 9.17) is 5.73 Å². The molecule has 5 nitrogen and oxygen atoms in total. The van der Waals surface area contributed by atoms with Crippen LogP contribution in [0.25, 0.3) is 17.2 Å². The van der Waals surface area contributed by atoms with Gasteiger partial charge in [0.05, 0.1) is 5.56 Å². The topological polar surface area (TPSA) is 69.6 Å². The summed E-state index contributed by atoms with van der Waals surface area (Å²) in [6.45, 7) is 1.87. The molecule has 0 fully saturated rings. The maximum Gasteiger partial charge on any atom is 0.417 e. The number of nitrogens with zero attached hydrogens (tertiary/aromatic N) is 4. The molecule has 0 spiro atoms.